The summed E-state index contributed by atoms with van der Waals surface area (Å²) in [4.78, 5) is 26.4. The van der Waals surface area contributed by atoms with Crippen molar-refractivity contribution in [1.82, 2.24) is 4.90 Å². The van der Waals surface area contributed by atoms with E-state index in [0.717, 1.165) is 30.2 Å². The molecule has 0 saturated heterocycles. The first-order valence-electron chi connectivity index (χ1n) is 11.7. The Kier molecular flexibility index (Phi) is 11.1. The van der Waals surface area contributed by atoms with E-state index in [1.807, 2.05) is 50.2 Å². The second-order valence-electron chi connectivity index (χ2n) is 7.74. The minimum atomic E-state index is -0.141. The summed E-state index contributed by atoms with van der Waals surface area (Å²) in [6.07, 6.45) is 6.05. The first kappa shape index (κ1) is 25.2. The molecule has 0 spiro atoms. The number of ether oxygens (including phenoxy) is 1. The van der Waals surface area contributed by atoms with Gasteiger partial charge < -0.3 is 20.3 Å². The van der Waals surface area contributed by atoms with Crippen molar-refractivity contribution in [2.45, 2.75) is 52.9 Å². The number of amides is 2. The van der Waals surface area contributed by atoms with Crippen LogP contribution >= 0.6 is 0 Å². The lowest BCUT2D eigenvalue weighted by atomic mass is 10.1. The lowest BCUT2D eigenvalue weighted by molar-refractivity contribution is -0.114. The van der Waals surface area contributed by atoms with E-state index in [9.17, 15) is 9.59 Å². The number of nitrogens with one attached hydrogen (secondary N) is 2. The van der Waals surface area contributed by atoms with Crippen molar-refractivity contribution >= 4 is 23.2 Å². The van der Waals surface area contributed by atoms with E-state index >= 15 is 0 Å². The molecular formula is C26H37N3O3. The molecule has 2 N–H and O–H groups in total. The number of rotatable bonds is 14. The van der Waals surface area contributed by atoms with Crippen molar-refractivity contribution in [3.8, 4) is 5.75 Å². The summed E-state index contributed by atoms with van der Waals surface area (Å²) in [5.41, 5.74) is 2.16. The summed E-state index contributed by atoms with van der Waals surface area (Å²) in [6, 6.07) is 14.6. The number of nitrogens with zero attached hydrogens (tertiary/aromatic N) is 1. The van der Waals surface area contributed by atoms with Crippen LogP contribution in [-0.2, 0) is 4.79 Å². The summed E-state index contributed by atoms with van der Waals surface area (Å²) in [5, 5.41) is 5.96. The molecule has 0 aliphatic carbocycles. The van der Waals surface area contributed by atoms with E-state index in [4.69, 9.17) is 4.74 Å². The lowest BCUT2D eigenvalue weighted by Crippen LogP contribution is -2.30. The Bertz CT molecular complexity index is 815. The highest BCUT2D eigenvalue weighted by atomic mass is 16.5. The van der Waals surface area contributed by atoms with Gasteiger partial charge in [-0.25, -0.2) is 0 Å². The van der Waals surface area contributed by atoms with Crippen LogP contribution in [0.15, 0.2) is 48.5 Å². The van der Waals surface area contributed by atoms with Gasteiger partial charge in [-0.2, -0.15) is 0 Å². The van der Waals surface area contributed by atoms with Gasteiger partial charge in [0.25, 0.3) is 5.91 Å². The van der Waals surface area contributed by atoms with Crippen LogP contribution in [0.1, 0.15) is 63.2 Å². The molecule has 174 valence electrons. The fraction of sp³-hybridized carbons (Fsp3) is 0.462. The van der Waals surface area contributed by atoms with Crippen LogP contribution in [0.4, 0.5) is 11.4 Å². The number of carbonyl (C=O) groups excluding carboxylic acids is 2. The van der Waals surface area contributed by atoms with Crippen LogP contribution in [0, 0.1) is 0 Å². The smallest absolute Gasteiger partial charge is 0.253 e. The minimum Gasteiger partial charge on any atom is -0.494 e. The average Bonchev–Trinajstić information content (AvgIpc) is 2.82. The standard InChI is InChI=1S/C26H37N3O3/c1-4-7-8-9-10-19-32-24-17-15-23(16-18-24)28-25(30)20-27-22-13-11-21(12-14-22)26(31)29(5-2)6-3/h11-18,27H,4-10,19-20H2,1-3H3,(H,28,30). The number of anilines is 2. The number of unbranched alkanes of at least 4 members (excludes halogenated alkanes) is 4. The van der Waals surface area contributed by atoms with Crippen molar-refractivity contribution in [3.05, 3.63) is 54.1 Å². The number of hydrogen-bond acceptors (Lipinski definition) is 4. The predicted octanol–water partition coefficient (Wildman–Crippen LogP) is 5.57. The molecule has 2 amide bonds. The quantitative estimate of drug-likeness (QED) is 0.378. The average molecular weight is 440 g/mol. The molecule has 0 radical (unpaired) electrons. The van der Waals surface area contributed by atoms with Gasteiger partial charge in [-0.15, -0.1) is 0 Å². The highest BCUT2D eigenvalue weighted by Gasteiger charge is 2.12. The Balaban J connectivity index is 1.73. The topological polar surface area (TPSA) is 70.7 Å². The van der Waals surface area contributed by atoms with Gasteiger partial charge in [0, 0.05) is 30.0 Å². The molecule has 0 atom stereocenters. The van der Waals surface area contributed by atoms with Gasteiger partial charge in [0.15, 0.2) is 0 Å². The second-order valence-corrected chi connectivity index (χ2v) is 7.74. The summed E-state index contributed by atoms with van der Waals surface area (Å²) in [6.45, 7) is 8.36. The van der Waals surface area contributed by atoms with E-state index in [1.54, 1.807) is 17.0 Å². The Morgan fingerprint density at radius 3 is 2.06 bits per heavy atom. The molecule has 6 nitrogen and oxygen atoms in total. The first-order valence-corrected chi connectivity index (χ1v) is 11.7. The van der Waals surface area contributed by atoms with E-state index < -0.39 is 0 Å². The Hall–Kier alpha value is -3.02. The molecule has 6 heteroatoms. The third-order valence-corrected chi connectivity index (χ3v) is 5.29. The van der Waals surface area contributed by atoms with Gasteiger partial charge in [0.05, 0.1) is 13.2 Å². The van der Waals surface area contributed by atoms with Gasteiger partial charge in [0.1, 0.15) is 5.75 Å². The third kappa shape index (κ3) is 8.61. The minimum absolute atomic E-state index is 0.0169. The summed E-state index contributed by atoms with van der Waals surface area (Å²) in [7, 11) is 0. The molecule has 0 aliphatic rings. The molecule has 2 aromatic rings. The zero-order valence-electron chi connectivity index (χ0n) is 19.7. The maximum atomic E-state index is 12.4. The van der Waals surface area contributed by atoms with Crippen LogP contribution in [0.3, 0.4) is 0 Å². The van der Waals surface area contributed by atoms with Crippen LogP contribution < -0.4 is 15.4 Å². The van der Waals surface area contributed by atoms with Gasteiger partial charge >= 0.3 is 0 Å². The molecule has 0 fully saturated rings. The fourth-order valence-electron chi connectivity index (χ4n) is 3.34. The molecule has 2 rings (SSSR count). The van der Waals surface area contributed by atoms with Crippen LogP contribution in [0.5, 0.6) is 5.75 Å². The highest BCUT2D eigenvalue weighted by Crippen LogP contribution is 2.17. The van der Waals surface area contributed by atoms with Crippen molar-refractivity contribution in [3.63, 3.8) is 0 Å². The maximum absolute atomic E-state index is 12.4. The molecule has 0 bridgehead atoms. The van der Waals surface area contributed by atoms with Gasteiger partial charge in [-0.1, -0.05) is 32.6 Å². The number of benzene rings is 2. The summed E-state index contributed by atoms with van der Waals surface area (Å²) < 4.78 is 5.75. The summed E-state index contributed by atoms with van der Waals surface area (Å²) >= 11 is 0. The normalized spacial score (nSPS) is 10.5. The summed E-state index contributed by atoms with van der Waals surface area (Å²) in [5.74, 6) is 0.692. The van der Waals surface area contributed by atoms with E-state index in [0.29, 0.717) is 18.7 Å². The Labute approximate surface area is 192 Å². The molecule has 0 aromatic heterocycles. The Morgan fingerprint density at radius 2 is 1.44 bits per heavy atom. The maximum Gasteiger partial charge on any atom is 0.253 e. The highest BCUT2D eigenvalue weighted by molar-refractivity contribution is 5.95. The first-order chi connectivity index (χ1) is 15.6. The van der Waals surface area contributed by atoms with Crippen molar-refractivity contribution in [1.29, 1.82) is 0 Å². The van der Waals surface area contributed by atoms with Crippen molar-refractivity contribution in [2.24, 2.45) is 0 Å². The molecule has 0 unspecified atom stereocenters. The molecule has 2 aromatic carbocycles. The van der Waals surface area contributed by atoms with E-state index in [-0.39, 0.29) is 18.4 Å². The lowest BCUT2D eigenvalue weighted by Gasteiger charge is -2.18. The number of carbonyl (C=O) groups is 2. The molecule has 0 aliphatic heterocycles. The van der Waals surface area contributed by atoms with E-state index in [2.05, 4.69) is 17.6 Å². The zero-order valence-corrected chi connectivity index (χ0v) is 19.7. The number of hydrogen-bond donors (Lipinski definition) is 2. The second kappa shape index (κ2) is 14.1. The van der Waals surface area contributed by atoms with Crippen LogP contribution in [-0.4, -0.2) is 43.0 Å². The zero-order chi connectivity index (χ0) is 23.2. The van der Waals surface area contributed by atoms with Crippen molar-refractivity contribution < 1.29 is 14.3 Å². The van der Waals surface area contributed by atoms with Crippen molar-refractivity contribution in [2.75, 3.05) is 36.9 Å². The largest absolute Gasteiger partial charge is 0.494 e. The van der Waals surface area contributed by atoms with Gasteiger partial charge in [-0.05, 0) is 68.8 Å². The predicted molar refractivity (Wildman–Crippen MR) is 132 cm³/mol. The monoisotopic (exact) mass is 439 g/mol. The molecular weight excluding hydrogens is 402 g/mol. The molecule has 32 heavy (non-hydrogen) atoms. The van der Waals surface area contributed by atoms with Crippen LogP contribution in [0.25, 0.3) is 0 Å². The van der Waals surface area contributed by atoms with Gasteiger partial charge in [-0.3, -0.25) is 9.59 Å². The van der Waals surface area contributed by atoms with Crippen LogP contribution in [0.2, 0.25) is 0 Å². The third-order valence-electron chi connectivity index (χ3n) is 5.29. The van der Waals surface area contributed by atoms with E-state index in [1.165, 1.54) is 25.7 Å². The fourth-order valence-corrected chi connectivity index (χ4v) is 3.34. The van der Waals surface area contributed by atoms with Gasteiger partial charge in [0.2, 0.25) is 5.91 Å². The Morgan fingerprint density at radius 1 is 0.812 bits per heavy atom. The molecule has 0 heterocycles. The molecule has 0 saturated carbocycles. The SMILES string of the molecule is CCCCCCCOc1ccc(NC(=O)CNc2ccc(C(=O)N(CC)CC)cc2)cc1.